The highest BCUT2D eigenvalue weighted by molar-refractivity contribution is 5.71. The van der Waals surface area contributed by atoms with Gasteiger partial charge < -0.3 is 4.40 Å². The van der Waals surface area contributed by atoms with Crippen LogP contribution >= 0.6 is 0 Å². The normalized spacial score (nSPS) is 11.9. The van der Waals surface area contributed by atoms with Crippen LogP contribution in [0.5, 0.6) is 0 Å². The number of hydrogen-bond acceptors (Lipinski definition) is 1. The van der Waals surface area contributed by atoms with E-state index in [2.05, 4.69) is 5.10 Å². The quantitative estimate of drug-likeness (QED) is 0.300. The lowest BCUT2D eigenvalue weighted by Crippen LogP contribution is -2.05. The number of fused-ring (bicyclic) bond motifs is 1. The van der Waals surface area contributed by atoms with Gasteiger partial charge in [0.05, 0.1) is 28.8 Å². The maximum Gasteiger partial charge on any atom is 0.416 e. The van der Waals surface area contributed by atoms with Gasteiger partial charge in [0.15, 0.2) is 0 Å². The molecule has 0 amide bonds. The fraction of sp³-hybridized carbons (Fsp3) is 0.0417. The molecule has 31 heavy (non-hydrogen) atoms. The first-order chi connectivity index (χ1) is 14.9. The van der Waals surface area contributed by atoms with Crippen LogP contribution in [-0.2, 0) is 6.18 Å². The zero-order chi connectivity index (χ0) is 21.6. The Labute approximate surface area is 174 Å². The molecule has 0 saturated heterocycles. The molecule has 3 heterocycles. The van der Waals surface area contributed by atoms with Crippen LogP contribution in [0.2, 0.25) is 0 Å². The van der Waals surface area contributed by atoms with E-state index in [0.29, 0.717) is 5.69 Å². The number of halogens is 4. The minimum absolute atomic E-state index is 0.300. The fourth-order valence-corrected chi connectivity index (χ4v) is 3.63. The van der Waals surface area contributed by atoms with Gasteiger partial charge in [-0.2, -0.15) is 18.3 Å². The minimum atomic E-state index is -4.39. The minimum Gasteiger partial charge on any atom is -0.316 e. The predicted octanol–water partition coefficient (Wildman–Crippen LogP) is 6.62. The Bertz CT molecular complexity index is 1360. The van der Waals surface area contributed by atoms with E-state index in [0.717, 1.165) is 40.2 Å². The average molecular weight is 421 g/mol. The standard InChI is InChI=1S/C24H15F4N3/c25-19-6-1-16(2-7-19)22-12-11-20-8-3-17(15-30(20)22)23-13-14-29-31(23)21-9-4-18(5-10-21)24(26,27)28/h1-15H. The second kappa shape index (κ2) is 7.12. The van der Waals surface area contributed by atoms with Gasteiger partial charge in [-0.25, -0.2) is 9.07 Å². The summed E-state index contributed by atoms with van der Waals surface area (Å²) in [6, 6.07) is 20.8. The summed E-state index contributed by atoms with van der Waals surface area (Å²) in [6.45, 7) is 0. The van der Waals surface area contributed by atoms with E-state index in [-0.39, 0.29) is 5.82 Å². The van der Waals surface area contributed by atoms with Crippen LogP contribution in [-0.4, -0.2) is 14.2 Å². The maximum atomic E-state index is 13.3. The van der Waals surface area contributed by atoms with E-state index in [1.165, 1.54) is 24.3 Å². The van der Waals surface area contributed by atoms with Crippen molar-refractivity contribution in [2.75, 3.05) is 0 Å². The lowest BCUT2D eigenvalue weighted by atomic mass is 10.1. The second-order valence-corrected chi connectivity index (χ2v) is 7.11. The van der Waals surface area contributed by atoms with Crippen molar-refractivity contribution in [3.05, 3.63) is 103 Å². The highest BCUT2D eigenvalue weighted by Gasteiger charge is 2.30. The highest BCUT2D eigenvalue weighted by Crippen LogP contribution is 2.31. The van der Waals surface area contributed by atoms with Crippen LogP contribution in [0.25, 0.3) is 33.7 Å². The third-order valence-electron chi connectivity index (χ3n) is 5.17. The first kappa shape index (κ1) is 19.1. The molecule has 2 aromatic carbocycles. The fourth-order valence-electron chi connectivity index (χ4n) is 3.63. The van der Waals surface area contributed by atoms with Crippen molar-refractivity contribution in [2.45, 2.75) is 6.18 Å². The highest BCUT2D eigenvalue weighted by atomic mass is 19.4. The summed E-state index contributed by atoms with van der Waals surface area (Å²) >= 11 is 0. The van der Waals surface area contributed by atoms with Gasteiger partial charge in [0.2, 0.25) is 0 Å². The Hall–Kier alpha value is -3.87. The van der Waals surface area contributed by atoms with Gasteiger partial charge in [-0.05, 0) is 84.4 Å². The number of benzene rings is 2. The van der Waals surface area contributed by atoms with E-state index >= 15 is 0 Å². The summed E-state index contributed by atoms with van der Waals surface area (Å²) in [7, 11) is 0. The molecule has 3 nitrogen and oxygen atoms in total. The SMILES string of the molecule is Fc1ccc(-c2ccc3ccc(-c4ccnn4-c4ccc(C(F)(F)F)cc4)cn23)cc1. The molecular formula is C24H15F4N3. The molecule has 3 aromatic heterocycles. The van der Waals surface area contributed by atoms with E-state index < -0.39 is 11.7 Å². The summed E-state index contributed by atoms with van der Waals surface area (Å²) < 4.78 is 55.5. The van der Waals surface area contributed by atoms with Crippen molar-refractivity contribution in [1.29, 1.82) is 0 Å². The molecule has 0 radical (unpaired) electrons. The van der Waals surface area contributed by atoms with E-state index in [1.54, 1.807) is 29.1 Å². The Kier molecular flexibility index (Phi) is 4.39. The van der Waals surface area contributed by atoms with Crippen LogP contribution in [0.1, 0.15) is 5.56 Å². The largest absolute Gasteiger partial charge is 0.416 e. The van der Waals surface area contributed by atoms with E-state index in [4.69, 9.17) is 0 Å². The zero-order valence-electron chi connectivity index (χ0n) is 16.0. The monoisotopic (exact) mass is 421 g/mol. The maximum absolute atomic E-state index is 13.3. The third kappa shape index (κ3) is 3.48. The molecule has 0 aliphatic heterocycles. The topological polar surface area (TPSA) is 22.2 Å². The molecule has 0 bridgehead atoms. The van der Waals surface area contributed by atoms with Crippen LogP contribution in [0.15, 0.2) is 91.3 Å². The number of aromatic nitrogens is 3. The number of alkyl halides is 3. The molecule has 0 unspecified atom stereocenters. The van der Waals surface area contributed by atoms with E-state index in [1.807, 2.05) is 34.9 Å². The molecule has 5 rings (SSSR count). The summed E-state index contributed by atoms with van der Waals surface area (Å²) in [6.07, 6.45) is -0.846. The first-order valence-electron chi connectivity index (χ1n) is 9.49. The summed E-state index contributed by atoms with van der Waals surface area (Å²) in [5, 5.41) is 4.30. The lowest BCUT2D eigenvalue weighted by Gasteiger charge is -2.11. The molecule has 7 heteroatoms. The van der Waals surface area contributed by atoms with Crippen LogP contribution in [0.3, 0.4) is 0 Å². The number of hydrogen-bond donors (Lipinski definition) is 0. The van der Waals surface area contributed by atoms with Crippen LogP contribution in [0.4, 0.5) is 17.6 Å². The molecule has 0 saturated carbocycles. The summed E-state index contributed by atoms with van der Waals surface area (Å²) in [5.41, 5.74) is 4.13. The molecule has 0 aliphatic carbocycles. The average Bonchev–Trinajstić information content (AvgIpc) is 3.41. The van der Waals surface area contributed by atoms with Crippen molar-refractivity contribution >= 4 is 5.52 Å². The van der Waals surface area contributed by atoms with Crippen molar-refractivity contribution in [1.82, 2.24) is 14.2 Å². The van der Waals surface area contributed by atoms with Crippen molar-refractivity contribution in [3.63, 3.8) is 0 Å². The van der Waals surface area contributed by atoms with Crippen molar-refractivity contribution < 1.29 is 17.6 Å². The molecule has 0 atom stereocenters. The zero-order valence-corrected chi connectivity index (χ0v) is 16.0. The van der Waals surface area contributed by atoms with Gasteiger partial charge in [-0.3, -0.25) is 0 Å². The molecule has 154 valence electrons. The number of rotatable bonds is 3. The van der Waals surface area contributed by atoms with Gasteiger partial charge >= 0.3 is 6.18 Å². The van der Waals surface area contributed by atoms with Crippen molar-refractivity contribution in [3.8, 4) is 28.2 Å². The molecule has 0 spiro atoms. The predicted molar refractivity (Wildman–Crippen MR) is 110 cm³/mol. The molecule has 5 aromatic rings. The number of nitrogens with zero attached hydrogens (tertiary/aromatic N) is 3. The summed E-state index contributed by atoms with van der Waals surface area (Å²) in [4.78, 5) is 0. The Morgan fingerprint density at radius 2 is 1.35 bits per heavy atom. The van der Waals surface area contributed by atoms with E-state index in [9.17, 15) is 17.6 Å². The number of pyridine rings is 1. The van der Waals surface area contributed by atoms with Gasteiger partial charge in [0.25, 0.3) is 0 Å². The van der Waals surface area contributed by atoms with Crippen LogP contribution in [0, 0.1) is 5.82 Å². The molecular weight excluding hydrogens is 406 g/mol. The molecule has 0 N–H and O–H groups in total. The van der Waals surface area contributed by atoms with Gasteiger partial charge in [0.1, 0.15) is 5.82 Å². The Morgan fingerprint density at radius 1 is 0.677 bits per heavy atom. The first-order valence-corrected chi connectivity index (χ1v) is 9.49. The van der Waals surface area contributed by atoms with Crippen LogP contribution < -0.4 is 0 Å². The third-order valence-corrected chi connectivity index (χ3v) is 5.17. The summed E-state index contributed by atoms with van der Waals surface area (Å²) in [5.74, 6) is -0.300. The smallest absolute Gasteiger partial charge is 0.316 e. The molecule has 0 aliphatic rings. The second-order valence-electron chi connectivity index (χ2n) is 7.11. The Morgan fingerprint density at radius 3 is 2.06 bits per heavy atom. The lowest BCUT2D eigenvalue weighted by molar-refractivity contribution is -0.137. The molecule has 0 fully saturated rings. The van der Waals surface area contributed by atoms with Gasteiger partial charge in [-0.1, -0.05) is 0 Å². The van der Waals surface area contributed by atoms with Gasteiger partial charge in [-0.15, -0.1) is 0 Å². The van der Waals surface area contributed by atoms with Crippen molar-refractivity contribution in [2.24, 2.45) is 0 Å². The Balaban J connectivity index is 1.57. The van der Waals surface area contributed by atoms with Gasteiger partial charge in [0, 0.05) is 17.3 Å².